The first-order chi connectivity index (χ1) is 12.3. The van der Waals surface area contributed by atoms with Crippen molar-refractivity contribution in [1.29, 1.82) is 0 Å². The molecule has 0 spiro atoms. The van der Waals surface area contributed by atoms with Crippen molar-refractivity contribution in [2.24, 2.45) is 0 Å². The lowest BCUT2D eigenvalue weighted by molar-refractivity contribution is -0.116. The van der Waals surface area contributed by atoms with Gasteiger partial charge in [0.15, 0.2) is 0 Å². The van der Waals surface area contributed by atoms with Crippen molar-refractivity contribution in [2.75, 3.05) is 23.3 Å². The van der Waals surface area contributed by atoms with Crippen LogP contribution in [0.4, 0.5) is 11.4 Å². The Morgan fingerprint density at radius 1 is 1.16 bits per heavy atom. The first-order valence-electron chi connectivity index (χ1n) is 8.58. The van der Waals surface area contributed by atoms with Gasteiger partial charge in [0.05, 0.1) is 0 Å². The Bertz CT molecular complexity index is 821. The summed E-state index contributed by atoms with van der Waals surface area (Å²) in [5.74, 6) is -0.00307. The van der Waals surface area contributed by atoms with Crippen LogP contribution in [0.15, 0.2) is 30.6 Å². The molecule has 0 saturated carbocycles. The molecular weight excluding hydrogens is 336 g/mol. The maximum absolute atomic E-state index is 12.1. The number of hydrogen-bond donors (Lipinski definition) is 1. The van der Waals surface area contributed by atoms with Crippen molar-refractivity contribution < 1.29 is 4.79 Å². The number of hydrogen-bond acceptors (Lipinski definition) is 6. The highest BCUT2D eigenvalue weighted by atomic mass is 32.1. The topological polar surface area (TPSA) is 75.4 Å². The second-order valence-electron chi connectivity index (χ2n) is 6.20. The van der Waals surface area contributed by atoms with Crippen molar-refractivity contribution in [2.45, 2.75) is 32.1 Å². The number of piperidine rings is 1. The van der Waals surface area contributed by atoms with Crippen LogP contribution in [0.1, 0.15) is 30.7 Å². The van der Waals surface area contributed by atoms with E-state index in [-0.39, 0.29) is 5.91 Å². The summed E-state index contributed by atoms with van der Waals surface area (Å²) in [7, 11) is 0. The van der Waals surface area contributed by atoms with Gasteiger partial charge in [-0.15, -0.1) is 10.2 Å². The van der Waals surface area contributed by atoms with Crippen LogP contribution in [0.3, 0.4) is 0 Å². The Morgan fingerprint density at radius 2 is 1.96 bits per heavy atom. The third kappa shape index (κ3) is 3.79. The quantitative estimate of drug-likeness (QED) is 0.761. The zero-order chi connectivity index (χ0) is 17.1. The summed E-state index contributed by atoms with van der Waals surface area (Å²) in [5.41, 5.74) is 2.07. The molecule has 130 valence electrons. The molecule has 1 aliphatic heterocycles. The summed E-state index contributed by atoms with van der Waals surface area (Å²) in [5, 5.41) is 15.9. The molecule has 1 aliphatic rings. The highest BCUT2D eigenvalue weighted by Gasteiger charge is 2.11. The van der Waals surface area contributed by atoms with E-state index in [9.17, 15) is 4.79 Å². The van der Waals surface area contributed by atoms with Gasteiger partial charge in [0.25, 0.3) is 0 Å². The molecular formula is C17H20N6OS. The SMILES string of the molecule is O=C(CCc1nn2cnnc2s1)Nc1ccc(N2CCCCC2)cc1. The molecule has 1 fully saturated rings. The van der Waals surface area contributed by atoms with E-state index in [0.29, 0.717) is 12.8 Å². The molecule has 2 aromatic heterocycles. The number of carbonyl (C=O) groups excluding carboxylic acids is 1. The number of nitrogens with one attached hydrogen (secondary N) is 1. The Hall–Kier alpha value is -2.48. The predicted octanol–water partition coefficient (Wildman–Crippen LogP) is 2.75. The second kappa shape index (κ2) is 7.18. The molecule has 1 N–H and O–H groups in total. The van der Waals surface area contributed by atoms with Gasteiger partial charge in [-0.3, -0.25) is 4.79 Å². The van der Waals surface area contributed by atoms with Crippen molar-refractivity contribution in [3.05, 3.63) is 35.6 Å². The van der Waals surface area contributed by atoms with Gasteiger partial charge in [-0.1, -0.05) is 11.3 Å². The lowest BCUT2D eigenvalue weighted by Crippen LogP contribution is -2.29. The smallest absolute Gasteiger partial charge is 0.234 e. The molecule has 1 amide bonds. The van der Waals surface area contributed by atoms with Crippen LogP contribution >= 0.6 is 11.3 Å². The molecule has 0 aliphatic carbocycles. The number of benzene rings is 1. The fourth-order valence-electron chi connectivity index (χ4n) is 3.05. The zero-order valence-electron chi connectivity index (χ0n) is 13.9. The number of aromatic nitrogens is 4. The Labute approximate surface area is 149 Å². The first kappa shape index (κ1) is 16.0. The Morgan fingerprint density at radius 3 is 2.72 bits per heavy atom. The van der Waals surface area contributed by atoms with Crippen LogP contribution in [0.2, 0.25) is 0 Å². The fourth-order valence-corrected chi connectivity index (χ4v) is 3.87. The molecule has 8 heteroatoms. The van der Waals surface area contributed by atoms with Crippen LogP contribution < -0.4 is 10.2 Å². The standard InChI is InChI=1S/C17H20N6OS/c24-15(8-9-16-21-23-12-18-20-17(23)25-16)19-13-4-6-14(7-5-13)22-10-2-1-3-11-22/h4-7,12H,1-3,8-11H2,(H,19,24). The van der Waals surface area contributed by atoms with Crippen molar-refractivity contribution in [3.63, 3.8) is 0 Å². The molecule has 3 aromatic rings. The summed E-state index contributed by atoms with van der Waals surface area (Å²) < 4.78 is 1.64. The van der Waals surface area contributed by atoms with E-state index in [1.165, 1.54) is 36.3 Å². The number of carbonyl (C=O) groups is 1. The minimum atomic E-state index is -0.00307. The molecule has 1 aromatic carbocycles. The monoisotopic (exact) mass is 356 g/mol. The lowest BCUT2D eigenvalue weighted by Gasteiger charge is -2.28. The summed E-state index contributed by atoms with van der Waals surface area (Å²) in [6.07, 6.45) is 6.42. The number of nitrogens with zero attached hydrogens (tertiary/aromatic N) is 5. The second-order valence-corrected chi connectivity index (χ2v) is 7.24. The van der Waals surface area contributed by atoms with E-state index < -0.39 is 0 Å². The first-order valence-corrected chi connectivity index (χ1v) is 9.40. The van der Waals surface area contributed by atoms with E-state index >= 15 is 0 Å². The van der Waals surface area contributed by atoms with E-state index in [1.54, 1.807) is 10.8 Å². The fraction of sp³-hybridized carbons (Fsp3) is 0.412. The van der Waals surface area contributed by atoms with Gasteiger partial charge in [0, 0.05) is 37.3 Å². The number of fused-ring (bicyclic) bond motifs is 1. The normalized spacial score (nSPS) is 14.8. The van der Waals surface area contributed by atoms with E-state index in [4.69, 9.17) is 0 Å². The van der Waals surface area contributed by atoms with Crippen LogP contribution in [0.25, 0.3) is 4.96 Å². The maximum Gasteiger partial charge on any atom is 0.234 e. The van der Waals surface area contributed by atoms with Crippen LogP contribution in [0.5, 0.6) is 0 Å². The zero-order valence-corrected chi connectivity index (χ0v) is 14.7. The molecule has 0 unspecified atom stereocenters. The molecule has 7 nitrogen and oxygen atoms in total. The average Bonchev–Trinajstić information content (AvgIpc) is 3.23. The van der Waals surface area contributed by atoms with E-state index in [0.717, 1.165) is 28.7 Å². The lowest BCUT2D eigenvalue weighted by atomic mass is 10.1. The van der Waals surface area contributed by atoms with Gasteiger partial charge in [0.2, 0.25) is 10.9 Å². The van der Waals surface area contributed by atoms with Gasteiger partial charge in [-0.05, 0) is 43.5 Å². The molecule has 1 saturated heterocycles. The van der Waals surface area contributed by atoms with Crippen LogP contribution in [-0.2, 0) is 11.2 Å². The number of anilines is 2. The summed E-state index contributed by atoms with van der Waals surface area (Å²) in [6.45, 7) is 2.25. The summed E-state index contributed by atoms with van der Waals surface area (Å²) >= 11 is 1.46. The molecule has 3 heterocycles. The molecule has 0 radical (unpaired) electrons. The summed E-state index contributed by atoms with van der Waals surface area (Å²) in [6, 6.07) is 8.13. The minimum Gasteiger partial charge on any atom is -0.372 e. The molecule has 0 bridgehead atoms. The van der Waals surface area contributed by atoms with Gasteiger partial charge in [-0.25, -0.2) is 0 Å². The third-order valence-electron chi connectivity index (χ3n) is 4.37. The van der Waals surface area contributed by atoms with E-state index in [1.807, 2.05) is 12.1 Å². The minimum absolute atomic E-state index is 0.00307. The van der Waals surface area contributed by atoms with E-state index in [2.05, 4.69) is 37.6 Å². The Balaban J connectivity index is 1.30. The summed E-state index contributed by atoms with van der Waals surface area (Å²) in [4.78, 5) is 15.3. The van der Waals surface area contributed by atoms with Gasteiger partial charge in [0.1, 0.15) is 11.3 Å². The van der Waals surface area contributed by atoms with Crippen molar-refractivity contribution in [1.82, 2.24) is 19.8 Å². The van der Waals surface area contributed by atoms with Crippen LogP contribution in [0, 0.1) is 0 Å². The molecule has 25 heavy (non-hydrogen) atoms. The van der Waals surface area contributed by atoms with Crippen molar-refractivity contribution in [3.8, 4) is 0 Å². The van der Waals surface area contributed by atoms with Crippen molar-refractivity contribution >= 4 is 33.6 Å². The number of amides is 1. The van der Waals surface area contributed by atoms with Gasteiger partial charge >= 0.3 is 0 Å². The third-order valence-corrected chi connectivity index (χ3v) is 5.34. The van der Waals surface area contributed by atoms with Crippen LogP contribution in [-0.4, -0.2) is 38.8 Å². The van der Waals surface area contributed by atoms with Gasteiger partial charge in [-0.2, -0.15) is 9.61 Å². The Kier molecular flexibility index (Phi) is 4.60. The number of rotatable bonds is 5. The largest absolute Gasteiger partial charge is 0.372 e. The molecule has 4 rings (SSSR count). The highest BCUT2D eigenvalue weighted by Crippen LogP contribution is 2.22. The average molecular weight is 356 g/mol. The maximum atomic E-state index is 12.1. The number of aryl methyl sites for hydroxylation is 1. The highest BCUT2D eigenvalue weighted by molar-refractivity contribution is 7.16. The molecule has 0 atom stereocenters. The predicted molar refractivity (Wildman–Crippen MR) is 98.1 cm³/mol. The van der Waals surface area contributed by atoms with Gasteiger partial charge < -0.3 is 10.2 Å².